The van der Waals surface area contributed by atoms with Crippen molar-refractivity contribution in [2.75, 3.05) is 11.9 Å². The fourth-order valence-corrected chi connectivity index (χ4v) is 1.46. The second kappa shape index (κ2) is 4.94. The first-order valence-corrected chi connectivity index (χ1v) is 5.26. The van der Waals surface area contributed by atoms with E-state index < -0.39 is 0 Å². The third kappa shape index (κ3) is 2.70. The van der Waals surface area contributed by atoms with Gasteiger partial charge in [-0.05, 0) is 6.07 Å². The molecule has 0 saturated heterocycles. The maximum absolute atomic E-state index is 5.94. The molecule has 0 aromatic carbocycles. The van der Waals surface area contributed by atoms with E-state index in [9.17, 15) is 0 Å². The lowest BCUT2D eigenvalue weighted by Crippen LogP contribution is -2.06. The van der Waals surface area contributed by atoms with E-state index in [1.807, 2.05) is 6.07 Å². The molecule has 16 heavy (non-hydrogen) atoms. The predicted molar refractivity (Wildman–Crippen MR) is 60.5 cm³/mol. The number of aromatic nitrogens is 3. The molecule has 0 saturated carbocycles. The van der Waals surface area contributed by atoms with Crippen LogP contribution in [0.1, 0.15) is 11.7 Å². The van der Waals surface area contributed by atoms with Crippen LogP contribution in [0.3, 0.4) is 0 Å². The standard InChI is InChI=1S/C10H11ClN4O/c1-7-14-10(15-16-7)3-5-13-9-2-4-12-6-8(9)11/h2,4,6H,3,5H2,1H3,(H,12,13). The third-order valence-electron chi connectivity index (χ3n) is 2.01. The van der Waals surface area contributed by atoms with Crippen molar-refractivity contribution in [3.63, 3.8) is 0 Å². The lowest BCUT2D eigenvalue weighted by Gasteiger charge is -2.05. The number of nitrogens with zero attached hydrogens (tertiary/aromatic N) is 3. The molecule has 1 N–H and O–H groups in total. The quantitative estimate of drug-likeness (QED) is 0.884. The van der Waals surface area contributed by atoms with Crippen molar-refractivity contribution in [3.05, 3.63) is 35.2 Å². The Morgan fingerprint density at radius 3 is 3.06 bits per heavy atom. The van der Waals surface area contributed by atoms with Gasteiger partial charge in [-0.2, -0.15) is 4.98 Å². The minimum absolute atomic E-state index is 0.581. The summed E-state index contributed by atoms with van der Waals surface area (Å²) in [6.07, 6.45) is 3.98. The average molecular weight is 239 g/mol. The first-order valence-electron chi connectivity index (χ1n) is 4.88. The molecule has 0 amide bonds. The van der Waals surface area contributed by atoms with Crippen LogP contribution in [-0.2, 0) is 6.42 Å². The van der Waals surface area contributed by atoms with Gasteiger partial charge < -0.3 is 9.84 Å². The van der Waals surface area contributed by atoms with Crippen molar-refractivity contribution in [2.24, 2.45) is 0 Å². The monoisotopic (exact) mass is 238 g/mol. The smallest absolute Gasteiger partial charge is 0.223 e. The first-order chi connectivity index (χ1) is 7.75. The highest BCUT2D eigenvalue weighted by atomic mass is 35.5. The van der Waals surface area contributed by atoms with Crippen LogP contribution in [0.2, 0.25) is 5.02 Å². The molecule has 84 valence electrons. The van der Waals surface area contributed by atoms with Crippen molar-refractivity contribution in [1.29, 1.82) is 0 Å². The zero-order chi connectivity index (χ0) is 11.4. The van der Waals surface area contributed by atoms with Crippen LogP contribution in [0.4, 0.5) is 5.69 Å². The lowest BCUT2D eigenvalue weighted by atomic mass is 10.3. The molecule has 0 radical (unpaired) electrons. The molecule has 6 heteroatoms. The Morgan fingerprint density at radius 1 is 1.50 bits per heavy atom. The van der Waals surface area contributed by atoms with Gasteiger partial charge in [-0.25, -0.2) is 0 Å². The van der Waals surface area contributed by atoms with Gasteiger partial charge in [-0.3, -0.25) is 4.98 Å². The van der Waals surface area contributed by atoms with Crippen LogP contribution in [0, 0.1) is 6.92 Å². The molecule has 2 aromatic heterocycles. The van der Waals surface area contributed by atoms with E-state index in [1.165, 1.54) is 0 Å². The van der Waals surface area contributed by atoms with Crippen LogP contribution < -0.4 is 5.32 Å². The van der Waals surface area contributed by atoms with Gasteiger partial charge in [-0.15, -0.1) is 0 Å². The number of hydrogen-bond acceptors (Lipinski definition) is 5. The van der Waals surface area contributed by atoms with Crippen molar-refractivity contribution in [1.82, 2.24) is 15.1 Å². The van der Waals surface area contributed by atoms with E-state index in [0.717, 1.165) is 5.69 Å². The average Bonchev–Trinajstić information content (AvgIpc) is 2.67. The minimum Gasteiger partial charge on any atom is -0.383 e. The number of aryl methyl sites for hydroxylation is 1. The van der Waals surface area contributed by atoms with Gasteiger partial charge in [0.25, 0.3) is 0 Å². The maximum atomic E-state index is 5.94. The van der Waals surface area contributed by atoms with E-state index in [-0.39, 0.29) is 0 Å². The third-order valence-corrected chi connectivity index (χ3v) is 2.31. The second-order valence-electron chi connectivity index (χ2n) is 3.26. The second-order valence-corrected chi connectivity index (χ2v) is 3.67. The van der Waals surface area contributed by atoms with Crippen LogP contribution in [-0.4, -0.2) is 21.7 Å². The zero-order valence-corrected chi connectivity index (χ0v) is 9.53. The molecule has 0 bridgehead atoms. The maximum Gasteiger partial charge on any atom is 0.223 e. The summed E-state index contributed by atoms with van der Waals surface area (Å²) in [5, 5.41) is 7.58. The van der Waals surface area contributed by atoms with Crippen LogP contribution in [0.25, 0.3) is 0 Å². The van der Waals surface area contributed by atoms with Gasteiger partial charge in [0.15, 0.2) is 5.82 Å². The molecule has 0 aliphatic carbocycles. The highest BCUT2D eigenvalue weighted by molar-refractivity contribution is 6.33. The van der Waals surface area contributed by atoms with Crippen molar-refractivity contribution >= 4 is 17.3 Å². The van der Waals surface area contributed by atoms with Crippen molar-refractivity contribution in [3.8, 4) is 0 Å². The zero-order valence-electron chi connectivity index (χ0n) is 8.77. The summed E-state index contributed by atoms with van der Waals surface area (Å²) in [5.41, 5.74) is 0.858. The summed E-state index contributed by atoms with van der Waals surface area (Å²) in [4.78, 5) is 8.00. The number of hydrogen-bond donors (Lipinski definition) is 1. The van der Waals surface area contributed by atoms with E-state index in [2.05, 4.69) is 20.4 Å². The first kappa shape index (κ1) is 10.9. The molecule has 0 unspecified atom stereocenters. The number of rotatable bonds is 4. The molecule has 2 aromatic rings. The molecular formula is C10H11ClN4O. The van der Waals surface area contributed by atoms with E-state index in [4.69, 9.17) is 16.1 Å². The Hall–Kier alpha value is -1.62. The Bertz CT molecular complexity index is 471. The molecular weight excluding hydrogens is 228 g/mol. The van der Waals surface area contributed by atoms with Crippen LogP contribution in [0.5, 0.6) is 0 Å². The number of halogens is 1. The van der Waals surface area contributed by atoms with Gasteiger partial charge in [0, 0.05) is 32.3 Å². The van der Waals surface area contributed by atoms with Crippen molar-refractivity contribution in [2.45, 2.75) is 13.3 Å². The predicted octanol–water partition coefficient (Wildman–Crippen LogP) is 2.08. The largest absolute Gasteiger partial charge is 0.383 e. The number of anilines is 1. The summed E-state index contributed by atoms with van der Waals surface area (Å²) in [6.45, 7) is 2.46. The summed E-state index contributed by atoms with van der Waals surface area (Å²) < 4.78 is 4.87. The van der Waals surface area contributed by atoms with Gasteiger partial charge >= 0.3 is 0 Å². The Morgan fingerprint density at radius 2 is 2.38 bits per heavy atom. The Kier molecular flexibility index (Phi) is 3.36. The van der Waals surface area contributed by atoms with Crippen LogP contribution >= 0.6 is 11.6 Å². The van der Waals surface area contributed by atoms with E-state index in [1.54, 1.807) is 19.3 Å². The summed E-state index contributed by atoms with van der Waals surface area (Å²) in [5.74, 6) is 1.27. The Balaban J connectivity index is 1.87. The normalized spacial score (nSPS) is 10.4. The van der Waals surface area contributed by atoms with Gasteiger partial charge in [-0.1, -0.05) is 16.8 Å². The molecule has 0 fully saturated rings. The molecule has 5 nitrogen and oxygen atoms in total. The summed E-state index contributed by atoms with van der Waals surface area (Å²) in [7, 11) is 0. The fraction of sp³-hybridized carbons (Fsp3) is 0.300. The molecule has 2 rings (SSSR count). The highest BCUT2D eigenvalue weighted by Gasteiger charge is 2.02. The van der Waals surface area contributed by atoms with Gasteiger partial charge in [0.2, 0.25) is 5.89 Å². The van der Waals surface area contributed by atoms with E-state index in [0.29, 0.717) is 29.7 Å². The molecule has 2 heterocycles. The van der Waals surface area contributed by atoms with Gasteiger partial charge in [0.05, 0.1) is 10.7 Å². The molecule has 0 atom stereocenters. The molecule has 0 aliphatic heterocycles. The topological polar surface area (TPSA) is 63.8 Å². The minimum atomic E-state index is 0.581. The molecule has 0 spiro atoms. The highest BCUT2D eigenvalue weighted by Crippen LogP contribution is 2.18. The van der Waals surface area contributed by atoms with Crippen LogP contribution in [0.15, 0.2) is 23.0 Å². The number of nitrogens with one attached hydrogen (secondary N) is 1. The SMILES string of the molecule is Cc1nc(CCNc2ccncc2Cl)no1. The summed E-state index contributed by atoms with van der Waals surface area (Å²) >= 11 is 5.94. The number of pyridine rings is 1. The van der Waals surface area contributed by atoms with E-state index >= 15 is 0 Å². The Labute approximate surface area is 97.8 Å². The van der Waals surface area contributed by atoms with Gasteiger partial charge in [0.1, 0.15) is 0 Å². The van der Waals surface area contributed by atoms with Crippen molar-refractivity contribution < 1.29 is 4.52 Å². The molecule has 0 aliphatic rings. The summed E-state index contributed by atoms with van der Waals surface area (Å²) in [6, 6.07) is 1.82. The fourth-order valence-electron chi connectivity index (χ4n) is 1.27. The lowest BCUT2D eigenvalue weighted by molar-refractivity contribution is 0.387.